The van der Waals surface area contributed by atoms with Crippen LogP contribution in [0.1, 0.15) is 5.56 Å². The summed E-state index contributed by atoms with van der Waals surface area (Å²) in [6.45, 7) is 1.67. The van der Waals surface area contributed by atoms with Crippen LogP contribution in [0.25, 0.3) is 0 Å². The van der Waals surface area contributed by atoms with Crippen molar-refractivity contribution in [3.63, 3.8) is 0 Å². The largest absolute Gasteiger partial charge is 0.573 e. The van der Waals surface area contributed by atoms with Gasteiger partial charge in [0.05, 0.1) is 0 Å². The summed E-state index contributed by atoms with van der Waals surface area (Å²) in [5.41, 5.74) is 0.637. The molecule has 0 aromatic heterocycles. The van der Waals surface area contributed by atoms with Crippen LogP contribution in [0.5, 0.6) is 23.0 Å². The van der Waals surface area contributed by atoms with Crippen LogP contribution < -0.4 is 14.2 Å². The van der Waals surface area contributed by atoms with E-state index in [1.807, 2.05) is 0 Å². The molecule has 3 nitrogen and oxygen atoms in total. The number of para-hydroxylation sites is 1. The van der Waals surface area contributed by atoms with Crippen LogP contribution in [-0.2, 0) is 0 Å². The average Bonchev–Trinajstić information content (AvgIpc) is 2.37. The zero-order valence-corrected chi connectivity index (χ0v) is 12.0. The first-order valence-electron chi connectivity index (χ1n) is 6.42. The monoisotopic (exact) mass is 352 g/mol. The van der Waals surface area contributed by atoms with E-state index in [4.69, 9.17) is 4.74 Å². The highest BCUT2D eigenvalue weighted by molar-refractivity contribution is 5.45. The smallest absolute Gasteiger partial charge is 0.457 e. The number of hydrogen-bond donors (Lipinski definition) is 0. The number of hydrogen-bond acceptors (Lipinski definition) is 3. The van der Waals surface area contributed by atoms with Crippen LogP contribution in [0.15, 0.2) is 42.5 Å². The zero-order valence-electron chi connectivity index (χ0n) is 12.0. The Balaban J connectivity index is 2.36. The van der Waals surface area contributed by atoms with E-state index in [1.165, 1.54) is 6.07 Å². The molecule has 0 radical (unpaired) electrons. The van der Waals surface area contributed by atoms with E-state index >= 15 is 0 Å². The Morgan fingerprint density at radius 1 is 0.708 bits per heavy atom. The molecule has 0 atom stereocenters. The molecule has 0 aliphatic carbocycles. The molecule has 2 aromatic rings. The Hall–Kier alpha value is -2.58. The Kier molecular flexibility index (Phi) is 4.81. The first-order chi connectivity index (χ1) is 11.0. The van der Waals surface area contributed by atoms with Crippen LogP contribution in [0, 0.1) is 6.92 Å². The summed E-state index contributed by atoms with van der Waals surface area (Å²) in [6, 6.07) is 8.56. The third kappa shape index (κ3) is 5.56. The lowest BCUT2D eigenvalue weighted by molar-refractivity contribution is -0.276. The molecule has 0 heterocycles. The van der Waals surface area contributed by atoms with Crippen molar-refractivity contribution in [1.29, 1.82) is 0 Å². The predicted molar refractivity (Wildman–Crippen MR) is 71.1 cm³/mol. The molecule has 0 spiro atoms. The van der Waals surface area contributed by atoms with Crippen LogP contribution >= 0.6 is 0 Å². The Morgan fingerprint density at radius 3 is 1.62 bits per heavy atom. The van der Waals surface area contributed by atoms with Gasteiger partial charge >= 0.3 is 12.7 Å². The molecule has 0 unspecified atom stereocenters. The second-order valence-electron chi connectivity index (χ2n) is 4.60. The summed E-state index contributed by atoms with van der Waals surface area (Å²) in [5.74, 6) is -1.83. The molecule has 0 saturated heterocycles. The minimum Gasteiger partial charge on any atom is -0.457 e. The molecule has 0 saturated carbocycles. The third-order valence-electron chi connectivity index (χ3n) is 2.64. The van der Waals surface area contributed by atoms with Gasteiger partial charge in [-0.1, -0.05) is 18.2 Å². The average molecular weight is 352 g/mol. The highest BCUT2D eigenvalue weighted by Gasteiger charge is 2.34. The van der Waals surface area contributed by atoms with Crippen molar-refractivity contribution in [3.05, 3.63) is 48.0 Å². The van der Waals surface area contributed by atoms with Gasteiger partial charge in [-0.25, -0.2) is 0 Å². The Bertz CT molecular complexity index is 675. The topological polar surface area (TPSA) is 27.7 Å². The number of aryl methyl sites for hydroxylation is 1. The van der Waals surface area contributed by atoms with E-state index in [9.17, 15) is 26.3 Å². The van der Waals surface area contributed by atoms with Gasteiger partial charge in [0, 0.05) is 18.2 Å². The van der Waals surface area contributed by atoms with Gasteiger partial charge in [-0.05, 0) is 18.6 Å². The van der Waals surface area contributed by atoms with Gasteiger partial charge in [0.1, 0.15) is 23.0 Å². The maximum atomic E-state index is 12.3. The van der Waals surface area contributed by atoms with Crippen molar-refractivity contribution in [1.82, 2.24) is 0 Å². The van der Waals surface area contributed by atoms with Crippen LogP contribution in [-0.4, -0.2) is 12.7 Å². The Labute approximate surface area is 132 Å². The molecule has 0 aliphatic heterocycles. The third-order valence-corrected chi connectivity index (χ3v) is 2.64. The van der Waals surface area contributed by atoms with Crippen molar-refractivity contribution in [2.24, 2.45) is 0 Å². The lowest BCUT2D eigenvalue weighted by Crippen LogP contribution is -2.19. The molecular weight excluding hydrogens is 342 g/mol. The summed E-state index contributed by atoms with van der Waals surface area (Å²) in [7, 11) is 0. The number of rotatable bonds is 4. The van der Waals surface area contributed by atoms with Gasteiger partial charge in [-0.3, -0.25) is 0 Å². The van der Waals surface area contributed by atoms with Gasteiger partial charge in [0.15, 0.2) is 0 Å². The SMILES string of the molecule is Cc1ccccc1Oc1cc(OC(F)(F)F)cc(OC(F)(F)F)c1. The van der Waals surface area contributed by atoms with E-state index in [-0.39, 0.29) is 11.5 Å². The fourth-order valence-electron chi connectivity index (χ4n) is 1.79. The molecule has 0 amide bonds. The van der Waals surface area contributed by atoms with Crippen LogP contribution in [0.3, 0.4) is 0 Å². The van der Waals surface area contributed by atoms with Crippen molar-refractivity contribution in [2.45, 2.75) is 19.6 Å². The molecule has 0 aliphatic rings. The summed E-state index contributed by atoms with van der Waals surface area (Å²) in [6.07, 6.45) is -10.1. The highest BCUT2D eigenvalue weighted by Crippen LogP contribution is 2.36. The van der Waals surface area contributed by atoms with Gasteiger partial charge < -0.3 is 14.2 Å². The van der Waals surface area contributed by atoms with Gasteiger partial charge in [-0.2, -0.15) is 0 Å². The van der Waals surface area contributed by atoms with Crippen LogP contribution in [0.4, 0.5) is 26.3 Å². The first-order valence-corrected chi connectivity index (χ1v) is 6.42. The molecule has 9 heteroatoms. The van der Waals surface area contributed by atoms with Gasteiger partial charge in [0.25, 0.3) is 0 Å². The quantitative estimate of drug-likeness (QED) is 0.672. The van der Waals surface area contributed by atoms with Crippen molar-refractivity contribution in [3.8, 4) is 23.0 Å². The summed E-state index contributed by atoms with van der Waals surface area (Å²) >= 11 is 0. The van der Waals surface area contributed by atoms with Crippen molar-refractivity contribution < 1.29 is 40.6 Å². The maximum absolute atomic E-state index is 12.3. The van der Waals surface area contributed by atoms with E-state index < -0.39 is 24.2 Å². The number of benzene rings is 2. The minimum atomic E-state index is -5.07. The highest BCUT2D eigenvalue weighted by atomic mass is 19.4. The zero-order chi connectivity index (χ0) is 18.0. The molecule has 24 heavy (non-hydrogen) atoms. The number of alkyl halides is 6. The molecule has 2 aromatic carbocycles. The van der Waals surface area contributed by atoms with E-state index in [1.54, 1.807) is 25.1 Å². The Morgan fingerprint density at radius 2 is 1.17 bits per heavy atom. The standard InChI is InChI=1S/C15H10F6O3/c1-9-4-2-3-5-13(9)22-10-6-11(23-14(16,17)18)8-12(7-10)24-15(19,20)21/h2-8H,1H3. The molecule has 2 rings (SSSR count). The fourth-order valence-corrected chi connectivity index (χ4v) is 1.79. The summed E-state index contributed by atoms with van der Waals surface area (Å²) in [4.78, 5) is 0. The second-order valence-corrected chi connectivity index (χ2v) is 4.60. The minimum absolute atomic E-state index is 0.264. The molecule has 0 N–H and O–H groups in total. The number of ether oxygens (including phenoxy) is 3. The summed E-state index contributed by atoms with van der Waals surface area (Å²) < 4.78 is 86.4. The molecule has 0 bridgehead atoms. The predicted octanol–water partition coefficient (Wildman–Crippen LogP) is 5.58. The summed E-state index contributed by atoms with van der Waals surface area (Å²) in [5, 5.41) is 0. The van der Waals surface area contributed by atoms with Gasteiger partial charge in [0.2, 0.25) is 0 Å². The van der Waals surface area contributed by atoms with Crippen LogP contribution in [0.2, 0.25) is 0 Å². The lowest BCUT2D eigenvalue weighted by Gasteiger charge is -2.15. The van der Waals surface area contributed by atoms with E-state index in [0.717, 1.165) is 12.1 Å². The van der Waals surface area contributed by atoms with Gasteiger partial charge in [-0.15, -0.1) is 26.3 Å². The fraction of sp³-hybridized carbons (Fsp3) is 0.200. The van der Waals surface area contributed by atoms with E-state index in [0.29, 0.717) is 11.6 Å². The molecule has 130 valence electrons. The maximum Gasteiger partial charge on any atom is 0.573 e. The molecule has 0 fully saturated rings. The van der Waals surface area contributed by atoms with Crippen molar-refractivity contribution in [2.75, 3.05) is 0 Å². The first kappa shape index (κ1) is 17.8. The second kappa shape index (κ2) is 6.50. The molecular formula is C15H10F6O3. The van der Waals surface area contributed by atoms with E-state index in [2.05, 4.69) is 9.47 Å². The van der Waals surface area contributed by atoms with Crippen molar-refractivity contribution >= 4 is 0 Å². The normalized spacial score (nSPS) is 12.0. The number of halogens is 6. The lowest BCUT2D eigenvalue weighted by atomic mass is 10.2.